The molecule has 2 amide bonds. The van der Waals surface area contributed by atoms with Gasteiger partial charge in [-0.3, -0.25) is 4.90 Å². The second-order valence-corrected chi connectivity index (χ2v) is 9.54. The Balaban J connectivity index is 1.44. The molecule has 1 fully saturated rings. The number of aliphatic hydroxyl groups is 1. The Morgan fingerprint density at radius 1 is 0.902 bits per heavy atom. The van der Waals surface area contributed by atoms with E-state index in [1.54, 1.807) is 0 Å². The summed E-state index contributed by atoms with van der Waals surface area (Å²) in [5.41, 5.74) is -0.914. The van der Waals surface area contributed by atoms with Gasteiger partial charge in [0.1, 0.15) is 0 Å². The predicted octanol–water partition coefficient (Wildman–Crippen LogP) is 5.89. The molecule has 3 aromatic rings. The van der Waals surface area contributed by atoms with Crippen LogP contribution in [0.2, 0.25) is 0 Å². The average molecular weight is 583 g/mol. The summed E-state index contributed by atoms with van der Waals surface area (Å²) in [6, 6.07) is 16.5. The first-order valence-corrected chi connectivity index (χ1v) is 12.7. The summed E-state index contributed by atoms with van der Waals surface area (Å²) in [6.07, 6.45) is -11.3. The lowest BCUT2D eigenvalue weighted by Gasteiger charge is -2.39. The van der Waals surface area contributed by atoms with Crippen molar-refractivity contribution in [1.82, 2.24) is 10.2 Å². The molecule has 0 aliphatic carbocycles. The zero-order valence-electron chi connectivity index (χ0n) is 21.5. The van der Waals surface area contributed by atoms with Crippen LogP contribution in [-0.2, 0) is 23.6 Å². The van der Waals surface area contributed by atoms with Crippen molar-refractivity contribution in [3.8, 4) is 0 Å². The number of ether oxygens (including phenoxy) is 1. The van der Waals surface area contributed by atoms with E-state index in [1.807, 2.05) is 35.2 Å². The molecule has 4 rings (SSSR count). The number of likely N-dealkylation sites (tertiary alicyclic amines) is 1. The van der Waals surface area contributed by atoms with Gasteiger partial charge in [-0.15, -0.1) is 0 Å². The van der Waals surface area contributed by atoms with Crippen LogP contribution in [0.4, 0.5) is 42.5 Å². The number of anilines is 2. The number of hydrogen-bond acceptors (Lipinski definition) is 5. The highest BCUT2D eigenvalue weighted by Crippen LogP contribution is 2.32. The van der Waals surface area contributed by atoms with Crippen molar-refractivity contribution in [3.63, 3.8) is 0 Å². The number of nitrogens with one attached hydrogen (secondary N) is 3. The summed E-state index contributed by atoms with van der Waals surface area (Å²) in [5.74, 6) is 0. The zero-order valence-corrected chi connectivity index (χ0v) is 21.5. The number of urea groups is 1. The Morgan fingerprint density at radius 3 is 2.15 bits per heavy atom. The monoisotopic (exact) mass is 582 g/mol. The fraction of sp³-hybridized carbons (Fsp3) is 0.321. The minimum absolute atomic E-state index is 0.0314. The van der Waals surface area contributed by atoms with E-state index in [1.165, 1.54) is 24.3 Å². The number of hydrogen-bond donors (Lipinski definition) is 4. The SMILES string of the molecule is O=C(Nc1cccc(C(F)(F)F)c1)N[C@H]1CCN(Cc2ccccc2)C[C@@H]1OC(O)Nc1cccc(C(F)(F)F)c1. The second-order valence-electron chi connectivity index (χ2n) is 9.54. The van der Waals surface area contributed by atoms with Gasteiger partial charge in [-0.25, -0.2) is 4.79 Å². The first kappa shape index (κ1) is 30.2. The number of alkyl halides is 6. The summed E-state index contributed by atoms with van der Waals surface area (Å²) in [5, 5.41) is 18.1. The van der Waals surface area contributed by atoms with E-state index in [0.29, 0.717) is 19.5 Å². The van der Waals surface area contributed by atoms with Gasteiger partial charge in [0.05, 0.1) is 23.3 Å². The third-order valence-corrected chi connectivity index (χ3v) is 6.44. The first-order valence-electron chi connectivity index (χ1n) is 12.7. The first-order chi connectivity index (χ1) is 19.4. The Labute approximate surface area is 232 Å². The highest BCUT2D eigenvalue weighted by molar-refractivity contribution is 5.89. The van der Waals surface area contributed by atoms with Gasteiger partial charge in [0.25, 0.3) is 0 Å². The molecule has 1 saturated heterocycles. The minimum Gasteiger partial charge on any atom is -0.351 e. The second kappa shape index (κ2) is 12.8. The molecule has 1 unspecified atom stereocenters. The van der Waals surface area contributed by atoms with Gasteiger partial charge < -0.3 is 25.8 Å². The van der Waals surface area contributed by atoms with Gasteiger partial charge in [-0.2, -0.15) is 26.3 Å². The van der Waals surface area contributed by atoms with Crippen molar-refractivity contribution in [1.29, 1.82) is 0 Å². The number of halogens is 6. The number of benzene rings is 3. The molecule has 0 radical (unpaired) electrons. The van der Waals surface area contributed by atoms with Crippen LogP contribution in [0.3, 0.4) is 0 Å². The number of carbonyl (C=O) groups is 1. The van der Waals surface area contributed by atoms with Crippen LogP contribution in [0.25, 0.3) is 0 Å². The topological polar surface area (TPSA) is 85.9 Å². The van der Waals surface area contributed by atoms with Gasteiger partial charge in [0, 0.05) is 31.0 Å². The lowest BCUT2D eigenvalue weighted by Crippen LogP contribution is -2.56. The average Bonchev–Trinajstić information content (AvgIpc) is 2.90. The van der Waals surface area contributed by atoms with Crippen molar-refractivity contribution in [2.24, 2.45) is 0 Å². The highest BCUT2D eigenvalue weighted by Gasteiger charge is 2.34. The van der Waals surface area contributed by atoms with Gasteiger partial charge in [0.2, 0.25) is 6.41 Å². The van der Waals surface area contributed by atoms with Crippen LogP contribution in [0.5, 0.6) is 0 Å². The van der Waals surface area contributed by atoms with Crippen LogP contribution >= 0.6 is 0 Å². The molecule has 3 atom stereocenters. The maximum atomic E-state index is 13.1. The number of piperidine rings is 1. The molecule has 4 N–H and O–H groups in total. The van der Waals surface area contributed by atoms with Crippen molar-refractivity contribution < 1.29 is 41.0 Å². The van der Waals surface area contributed by atoms with Crippen molar-refractivity contribution in [2.75, 3.05) is 23.7 Å². The summed E-state index contributed by atoms with van der Waals surface area (Å²) in [6.45, 7) is 1.31. The highest BCUT2D eigenvalue weighted by atomic mass is 19.4. The molecule has 13 heteroatoms. The molecule has 0 bridgehead atoms. The molecule has 3 aromatic carbocycles. The zero-order chi connectivity index (χ0) is 29.6. The van der Waals surface area contributed by atoms with E-state index in [0.717, 1.165) is 29.8 Å². The Bertz CT molecular complexity index is 1310. The lowest BCUT2D eigenvalue weighted by atomic mass is 10.0. The quantitative estimate of drug-likeness (QED) is 0.197. The van der Waals surface area contributed by atoms with E-state index in [4.69, 9.17) is 4.74 Å². The normalized spacial score (nSPS) is 18.9. The van der Waals surface area contributed by atoms with E-state index in [9.17, 15) is 36.2 Å². The van der Waals surface area contributed by atoms with E-state index in [-0.39, 0.29) is 17.9 Å². The lowest BCUT2D eigenvalue weighted by molar-refractivity contribution is -0.142. The largest absolute Gasteiger partial charge is 0.416 e. The predicted molar refractivity (Wildman–Crippen MR) is 140 cm³/mol. The van der Waals surface area contributed by atoms with Crippen LogP contribution in [0.1, 0.15) is 23.1 Å². The summed E-state index contributed by atoms with van der Waals surface area (Å²) in [4.78, 5) is 14.7. The van der Waals surface area contributed by atoms with E-state index >= 15 is 0 Å². The molecule has 41 heavy (non-hydrogen) atoms. The molecule has 1 aliphatic heterocycles. The Kier molecular flexibility index (Phi) is 9.41. The molecule has 0 spiro atoms. The van der Waals surface area contributed by atoms with Crippen molar-refractivity contribution in [2.45, 2.75) is 43.9 Å². The molecular formula is C28H28F6N4O3. The van der Waals surface area contributed by atoms with Crippen molar-refractivity contribution >= 4 is 17.4 Å². The molecule has 0 aromatic heterocycles. The van der Waals surface area contributed by atoms with Crippen LogP contribution in [0, 0.1) is 0 Å². The summed E-state index contributed by atoms with van der Waals surface area (Å²) < 4.78 is 84.1. The molecule has 220 valence electrons. The molecule has 0 saturated carbocycles. The molecular weight excluding hydrogens is 554 g/mol. The fourth-order valence-electron chi connectivity index (χ4n) is 4.51. The van der Waals surface area contributed by atoms with Gasteiger partial charge in [-0.05, 0) is 48.4 Å². The number of amides is 2. The fourth-order valence-corrected chi connectivity index (χ4v) is 4.51. The molecule has 1 aliphatic rings. The van der Waals surface area contributed by atoms with Gasteiger partial charge in [-0.1, -0.05) is 42.5 Å². The van der Waals surface area contributed by atoms with Crippen LogP contribution < -0.4 is 16.0 Å². The Hall–Kier alpha value is -3.81. The number of nitrogens with zero attached hydrogens (tertiary/aromatic N) is 1. The van der Waals surface area contributed by atoms with E-state index in [2.05, 4.69) is 16.0 Å². The maximum absolute atomic E-state index is 13.1. The van der Waals surface area contributed by atoms with Crippen LogP contribution in [0.15, 0.2) is 78.9 Å². The van der Waals surface area contributed by atoms with Gasteiger partial charge in [0.15, 0.2) is 0 Å². The third-order valence-electron chi connectivity index (χ3n) is 6.44. The standard InChI is InChI=1S/C28H28F6N4O3/c29-27(30,31)19-8-4-10-21(14-19)35-25(39)37-23-12-13-38(16-18-6-2-1-3-7-18)17-24(23)41-26(40)36-22-11-5-9-20(15-22)28(32,33)34/h1-11,14-15,23-24,26,36,40H,12-13,16-17H2,(H2,35,37,39)/t23-,24-,26?/m0/s1. The number of aliphatic hydroxyl groups excluding tert-OH is 1. The number of carbonyl (C=O) groups excluding carboxylic acids is 1. The summed E-state index contributed by atoms with van der Waals surface area (Å²) >= 11 is 0. The third kappa shape index (κ3) is 8.84. The Morgan fingerprint density at radius 2 is 1.51 bits per heavy atom. The van der Waals surface area contributed by atoms with Crippen molar-refractivity contribution in [3.05, 3.63) is 95.6 Å². The maximum Gasteiger partial charge on any atom is 0.416 e. The minimum atomic E-state index is -4.58. The smallest absolute Gasteiger partial charge is 0.351 e. The van der Waals surface area contributed by atoms with E-state index < -0.39 is 48.1 Å². The number of rotatable bonds is 8. The van der Waals surface area contributed by atoms with Gasteiger partial charge >= 0.3 is 18.4 Å². The summed E-state index contributed by atoms with van der Waals surface area (Å²) in [7, 11) is 0. The molecule has 7 nitrogen and oxygen atoms in total. The van der Waals surface area contributed by atoms with Crippen LogP contribution in [-0.4, -0.2) is 47.7 Å². The molecule has 1 heterocycles.